The molecule has 1 atom stereocenters. The molecule has 6 heteroatoms. The Balaban J connectivity index is 2.56. The molecule has 17 heavy (non-hydrogen) atoms. The van der Waals surface area contributed by atoms with Crippen molar-refractivity contribution in [2.75, 3.05) is 46.0 Å². The van der Waals surface area contributed by atoms with Crippen LogP contribution in [0, 0.1) is 0 Å². The van der Waals surface area contributed by atoms with Crippen LogP contribution in [0.4, 0.5) is 0 Å². The van der Waals surface area contributed by atoms with Crippen molar-refractivity contribution in [3.05, 3.63) is 0 Å². The molecule has 0 aromatic heterocycles. The lowest BCUT2D eigenvalue weighted by atomic mass is 10.2. The number of sulfonamides is 1. The van der Waals surface area contributed by atoms with Gasteiger partial charge >= 0.3 is 0 Å². The summed E-state index contributed by atoms with van der Waals surface area (Å²) in [6.45, 7) is 4.85. The van der Waals surface area contributed by atoms with E-state index in [1.54, 1.807) is 4.31 Å². The number of nitrogens with zero attached hydrogens (tertiary/aromatic N) is 2. The molecule has 1 rings (SSSR count). The molecule has 1 saturated heterocycles. The predicted octanol–water partition coefficient (Wildman–Crippen LogP) is -0.0483. The molecule has 0 bridgehead atoms. The largest absolute Gasteiger partial charge is 0.316 e. The highest BCUT2D eigenvalue weighted by Crippen LogP contribution is 2.21. The summed E-state index contributed by atoms with van der Waals surface area (Å²) in [5.41, 5.74) is 0. The van der Waals surface area contributed by atoms with Crippen LogP contribution in [0.15, 0.2) is 0 Å². The van der Waals surface area contributed by atoms with Gasteiger partial charge in [-0.3, -0.25) is 0 Å². The third-order valence-electron chi connectivity index (χ3n) is 3.04. The third kappa shape index (κ3) is 4.54. The van der Waals surface area contributed by atoms with Gasteiger partial charge < -0.3 is 10.2 Å². The Bertz CT molecular complexity index is 317. The topological polar surface area (TPSA) is 52.7 Å². The molecule has 0 radical (unpaired) electrons. The minimum absolute atomic E-state index is 0.164. The van der Waals surface area contributed by atoms with Crippen molar-refractivity contribution in [3.8, 4) is 0 Å². The van der Waals surface area contributed by atoms with Crippen LogP contribution in [0.1, 0.15) is 19.8 Å². The first-order chi connectivity index (χ1) is 7.97. The maximum atomic E-state index is 12.2. The number of likely N-dealkylation sites (N-methyl/N-ethyl adjacent to an activating group) is 1. The van der Waals surface area contributed by atoms with Gasteiger partial charge in [0.15, 0.2) is 0 Å². The molecule has 0 aliphatic carbocycles. The zero-order chi connectivity index (χ0) is 12.9. The second-order valence-electron chi connectivity index (χ2n) is 4.84. The molecular formula is C11H25N3O2S. The van der Waals surface area contributed by atoms with Crippen LogP contribution in [0.5, 0.6) is 0 Å². The van der Waals surface area contributed by atoms with Crippen LogP contribution in [-0.2, 0) is 10.0 Å². The maximum Gasteiger partial charge on any atom is 0.215 e. The summed E-state index contributed by atoms with van der Waals surface area (Å²) in [6.07, 6.45) is 1.97. The molecular weight excluding hydrogens is 238 g/mol. The first-order valence-corrected chi connectivity index (χ1v) is 7.93. The fourth-order valence-electron chi connectivity index (χ4n) is 2.27. The summed E-state index contributed by atoms with van der Waals surface area (Å²) in [4.78, 5) is 2.06. The zero-order valence-electron chi connectivity index (χ0n) is 11.1. The molecule has 5 nitrogen and oxygen atoms in total. The van der Waals surface area contributed by atoms with Gasteiger partial charge in [-0.1, -0.05) is 6.92 Å². The van der Waals surface area contributed by atoms with Gasteiger partial charge in [0, 0.05) is 25.7 Å². The number of hydrogen-bond acceptors (Lipinski definition) is 4. The molecule has 0 aromatic carbocycles. The number of rotatable bonds is 7. The van der Waals surface area contributed by atoms with Crippen molar-refractivity contribution >= 4 is 10.0 Å². The van der Waals surface area contributed by atoms with E-state index in [1.807, 2.05) is 21.0 Å². The number of nitrogens with one attached hydrogen (secondary N) is 1. The van der Waals surface area contributed by atoms with Crippen LogP contribution in [0.25, 0.3) is 0 Å². The van der Waals surface area contributed by atoms with Gasteiger partial charge in [-0.2, -0.15) is 4.31 Å². The van der Waals surface area contributed by atoms with E-state index in [4.69, 9.17) is 0 Å². The normalized spacial score (nSPS) is 22.5. The van der Waals surface area contributed by atoms with Crippen molar-refractivity contribution in [2.24, 2.45) is 0 Å². The maximum absolute atomic E-state index is 12.2. The van der Waals surface area contributed by atoms with E-state index >= 15 is 0 Å². The SMILES string of the molecule is CCNCCS(=O)(=O)N1CCCC1CN(C)C. The minimum atomic E-state index is -3.08. The summed E-state index contributed by atoms with van der Waals surface area (Å²) in [7, 11) is 0.893. The predicted molar refractivity (Wildman–Crippen MR) is 70.6 cm³/mol. The zero-order valence-corrected chi connectivity index (χ0v) is 12.0. The van der Waals surface area contributed by atoms with Gasteiger partial charge in [0.25, 0.3) is 0 Å². The van der Waals surface area contributed by atoms with E-state index in [0.29, 0.717) is 13.1 Å². The Kier molecular flexibility index (Phi) is 5.85. The summed E-state index contributed by atoms with van der Waals surface area (Å²) < 4.78 is 26.0. The lowest BCUT2D eigenvalue weighted by Gasteiger charge is -2.26. The Morgan fingerprint density at radius 1 is 1.41 bits per heavy atom. The van der Waals surface area contributed by atoms with E-state index in [2.05, 4.69) is 10.2 Å². The Labute approximate surface area is 105 Å². The Morgan fingerprint density at radius 2 is 2.12 bits per heavy atom. The standard InChI is InChI=1S/C11H25N3O2S/c1-4-12-7-9-17(15,16)14-8-5-6-11(14)10-13(2)3/h11-12H,4-10H2,1-3H3. The van der Waals surface area contributed by atoms with Crippen molar-refractivity contribution in [2.45, 2.75) is 25.8 Å². The van der Waals surface area contributed by atoms with Gasteiger partial charge in [-0.25, -0.2) is 8.42 Å². The van der Waals surface area contributed by atoms with E-state index < -0.39 is 10.0 Å². The second-order valence-corrected chi connectivity index (χ2v) is 6.88. The average molecular weight is 263 g/mol. The molecule has 1 heterocycles. The van der Waals surface area contributed by atoms with E-state index in [0.717, 1.165) is 25.9 Å². The van der Waals surface area contributed by atoms with Gasteiger partial charge in [0.2, 0.25) is 10.0 Å². The van der Waals surface area contributed by atoms with Crippen LogP contribution in [-0.4, -0.2) is 69.7 Å². The molecule has 1 N–H and O–H groups in total. The van der Waals surface area contributed by atoms with Gasteiger partial charge in [0.1, 0.15) is 0 Å². The highest BCUT2D eigenvalue weighted by molar-refractivity contribution is 7.89. The molecule has 1 aliphatic rings. The molecule has 0 aromatic rings. The van der Waals surface area contributed by atoms with Crippen LogP contribution in [0.3, 0.4) is 0 Å². The van der Waals surface area contributed by atoms with Crippen molar-refractivity contribution in [3.63, 3.8) is 0 Å². The quantitative estimate of drug-likeness (QED) is 0.655. The smallest absolute Gasteiger partial charge is 0.215 e. The monoisotopic (exact) mass is 263 g/mol. The van der Waals surface area contributed by atoms with Gasteiger partial charge in [-0.15, -0.1) is 0 Å². The lowest BCUT2D eigenvalue weighted by molar-refractivity contribution is 0.291. The number of hydrogen-bond donors (Lipinski definition) is 1. The summed E-state index contributed by atoms with van der Waals surface area (Å²) in [6, 6.07) is 0.164. The molecule has 0 amide bonds. The molecule has 1 unspecified atom stereocenters. The van der Waals surface area contributed by atoms with Crippen LogP contribution < -0.4 is 5.32 Å². The molecule has 102 valence electrons. The Hall–Kier alpha value is -0.170. The third-order valence-corrected chi connectivity index (χ3v) is 4.96. The molecule has 0 saturated carbocycles. The first kappa shape index (κ1) is 14.9. The summed E-state index contributed by atoms with van der Waals surface area (Å²) >= 11 is 0. The van der Waals surface area contributed by atoms with Crippen molar-refractivity contribution in [1.29, 1.82) is 0 Å². The summed E-state index contributed by atoms with van der Waals surface area (Å²) in [5.74, 6) is 0.213. The molecule has 1 fully saturated rings. The minimum Gasteiger partial charge on any atom is -0.316 e. The van der Waals surface area contributed by atoms with E-state index in [9.17, 15) is 8.42 Å². The second kappa shape index (κ2) is 6.68. The van der Waals surface area contributed by atoms with Gasteiger partial charge in [-0.05, 0) is 33.5 Å². The highest BCUT2D eigenvalue weighted by Gasteiger charge is 2.33. The molecule has 1 aliphatic heterocycles. The summed E-state index contributed by atoms with van der Waals surface area (Å²) in [5, 5.41) is 3.07. The molecule has 0 spiro atoms. The Morgan fingerprint density at radius 3 is 2.71 bits per heavy atom. The van der Waals surface area contributed by atoms with Crippen molar-refractivity contribution < 1.29 is 8.42 Å². The fourth-order valence-corrected chi connectivity index (χ4v) is 3.94. The average Bonchev–Trinajstić information content (AvgIpc) is 2.65. The fraction of sp³-hybridized carbons (Fsp3) is 1.00. The lowest BCUT2D eigenvalue weighted by Crippen LogP contribution is -2.43. The van der Waals surface area contributed by atoms with Crippen LogP contribution in [0.2, 0.25) is 0 Å². The van der Waals surface area contributed by atoms with E-state index in [-0.39, 0.29) is 11.8 Å². The van der Waals surface area contributed by atoms with Crippen LogP contribution >= 0.6 is 0 Å². The first-order valence-electron chi connectivity index (χ1n) is 6.32. The van der Waals surface area contributed by atoms with E-state index in [1.165, 1.54) is 0 Å². The van der Waals surface area contributed by atoms with Gasteiger partial charge in [0.05, 0.1) is 5.75 Å². The highest BCUT2D eigenvalue weighted by atomic mass is 32.2. The van der Waals surface area contributed by atoms with Crippen molar-refractivity contribution in [1.82, 2.24) is 14.5 Å².